The highest BCUT2D eigenvalue weighted by Crippen LogP contribution is 2.12. The van der Waals surface area contributed by atoms with Gasteiger partial charge in [-0.1, -0.05) is 34.6 Å². The van der Waals surface area contributed by atoms with Crippen LogP contribution >= 0.6 is 0 Å². The number of carboxylic acid groups (broad SMARTS) is 1. The van der Waals surface area contributed by atoms with Gasteiger partial charge in [-0.05, 0) is 25.2 Å². The fourth-order valence-electron chi connectivity index (χ4n) is 2.24. The molecule has 0 bridgehead atoms. The van der Waals surface area contributed by atoms with Crippen LogP contribution in [-0.2, 0) is 4.79 Å². The van der Waals surface area contributed by atoms with Gasteiger partial charge in [-0.2, -0.15) is 0 Å². The van der Waals surface area contributed by atoms with Crippen molar-refractivity contribution in [1.29, 1.82) is 0 Å². The number of rotatable bonds is 9. The van der Waals surface area contributed by atoms with Gasteiger partial charge in [0, 0.05) is 19.1 Å². The van der Waals surface area contributed by atoms with Crippen molar-refractivity contribution in [2.45, 2.75) is 59.9 Å². The number of amides is 2. The van der Waals surface area contributed by atoms with E-state index in [-0.39, 0.29) is 18.6 Å². The first-order valence-corrected chi connectivity index (χ1v) is 7.64. The smallest absolute Gasteiger partial charge is 0.317 e. The topological polar surface area (TPSA) is 69.6 Å². The average molecular weight is 286 g/mol. The number of hydrogen-bond donors (Lipinski definition) is 2. The molecule has 0 rings (SSSR count). The van der Waals surface area contributed by atoms with Crippen LogP contribution in [0.1, 0.15) is 53.9 Å². The quantitative estimate of drug-likeness (QED) is 0.684. The van der Waals surface area contributed by atoms with Crippen LogP contribution in [0.15, 0.2) is 0 Å². The van der Waals surface area contributed by atoms with Crippen molar-refractivity contribution < 1.29 is 14.7 Å². The lowest BCUT2D eigenvalue weighted by Crippen LogP contribution is -2.48. The Labute approximate surface area is 122 Å². The largest absolute Gasteiger partial charge is 0.481 e. The van der Waals surface area contributed by atoms with E-state index in [2.05, 4.69) is 33.0 Å². The summed E-state index contributed by atoms with van der Waals surface area (Å²) in [5, 5.41) is 11.8. The highest BCUT2D eigenvalue weighted by molar-refractivity contribution is 5.76. The summed E-state index contributed by atoms with van der Waals surface area (Å²) in [4.78, 5) is 25.1. The predicted octanol–water partition coefficient (Wildman–Crippen LogP) is 2.95. The normalized spacial score (nSPS) is 12.6. The van der Waals surface area contributed by atoms with Gasteiger partial charge < -0.3 is 15.3 Å². The maximum atomic E-state index is 12.3. The lowest BCUT2D eigenvalue weighted by Gasteiger charge is -2.32. The van der Waals surface area contributed by atoms with E-state index in [4.69, 9.17) is 5.11 Å². The number of nitrogens with zero attached hydrogens (tertiary/aromatic N) is 1. The van der Waals surface area contributed by atoms with Crippen molar-refractivity contribution in [2.75, 3.05) is 13.1 Å². The standard InChI is InChI=1S/C15H30N2O3/c1-6-12(14(18)19)9-16-15(20)17(10-11(4)5)13(7-2)8-3/h11-13H,6-10H2,1-5H3,(H,16,20)(H,18,19). The molecule has 5 nitrogen and oxygen atoms in total. The minimum atomic E-state index is -0.856. The van der Waals surface area contributed by atoms with Crippen LogP contribution in [0.25, 0.3) is 0 Å². The van der Waals surface area contributed by atoms with Crippen LogP contribution in [0.5, 0.6) is 0 Å². The first-order valence-electron chi connectivity index (χ1n) is 7.64. The van der Waals surface area contributed by atoms with E-state index in [1.165, 1.54) is 0 Å². The Balaban J connectivity index is 4.66. The molecule has 0 aromatic carbocycles. The van der Waals surface area contributed by atoms with Crippen LogP contribution in [0.2, 0.25) is 0 Å². The second-order valence-corrected chi connectivity index (χ2v) is 5.65. The summed E-state index contributed by atoms with van der Waals surface area (Å²) in [5.41, 5.74) is 0. The molecule has 0 radical (unpaired) electrons. The molecule has 0 heterocycles. The van der Waals surface area contributed by atoms with Crippen molar-refractivity contribution in [3.63, 3.8) is 0 Å². The number of carbonyl (C=O) groups is 2. The van der Waals surface area contributed by atoms with Gasteiger partial charge in [-0.15, -0.1) is 0 Å². The van der Waals surface area contributed by atoms with Gasteiger partial charge in [0.15, 0.2) is 0 Å². The van der Waals surface area contributed by atoms with Crippen LogP contribution in [0.3, 0.4) is 0 Å². The van der Waals surface area contributed by atoms with Gasteiger partial charge >= 0.3 is 12.0 Å². The molecule has 0 saturated carbocycles. The Morgan fingerprint density at radius 2 is 1.65 bits per heavy atom. The molecular formula is C15H30N2O3. The molecule has 0 aromatic heterocycles. The van der Waals surface area contributed by atoms with Crippen molar-refractivity contribution in [2.24, 2.45) is 11.8 Å². The highest BCUT2D eigenvalue weighted by Gasteiger charge is 2.23. The summed E-state index contributed by atoms with van der Waals surface area (Å²) >= 11 is 0. The molecule has 0 aliphatic heterocycles. The zero-order valence-electron chi connectivity index (χ0n) is 13.5. The Hall–Kier alpha value is -1.26. The Kier molecular flexibility index (Phi) is 9.01. The fraction of sp³-hybridized carbons (Fsp3) is 0.867. The Bertz CT molecular complexity index is 301. The van der Waals surface area contributed by atoms with Crippen LogP contribution in [-0.4, -0.2) is 41.1 Å². The summed E-state index contributed by atoms with van der Waals surface area (Å²) in [6, 6.07) is 0.0643. The molecule has 2 amide bonds. The van der Waals surface area contributed by atoms with E-state index in [0.29, 0.717) is 18.9 Å². The van der Waals surface area contributed by atoms with Crippen molar-refractivity contribution >= 4 is 12.0 Å². The third-order valence-corrected chi connectivity index (χ3v) is 3.55. The monoisotopic (exact) mass is 286 g/mol. The van der Waals surface area contributed by atoms with Gasteiger partial charge in [0.05, 0.1) is 5.92 Å². The molecule has 0 aromatic rings. The predicted molar refractivity (Wildman–Crippen MR) is 80.7 cm³/mol. The highest BCUT2D eigenvalue weighted by atomic mass is 16.4. The van der Waals surface area contributed by atoms with Crippen molar-refractivity contribution in [1.82, 2.24) is 10.2 Å². The molecule has 2 N–H and O–H groups in total. The van der Waals surface area contributed by atoms with E-state index < -0.39 is 11.9 Å². The van der Waals surface area contributed by atoms with Gasteiger partial charge in [0.2, 0.25) is 0 Å². The van der Waals surface area contributed by atoms with E-state index in [1.54, 1.807) is 0 Å². The maximum absolute atomic E-state index is 12.3. The molecule has 118 valence electrons. The molecule has 0 aliphatic carbocycles. The number of hydrogen-bond acceptors (Lipinski definition) is 2. The molecule has 0 spiro atoms. The second kappa shape index (κ2) is 9.61. The summed E-state index contributed by atoms with van der Waals surface area (Å²) in [7, 11) is 0. The fourth-order valence-corrected chi connectivity index (χ4v) is 2.24. The molecule has 0 saturated heterocycles. The number of urea groups is 1. The first kappa shape index (κ1) is 18.7. The molecule has 5 heteroatoms. The average Bonchev–Trinajstić information content (AvgIpc) is 2.38. The zero-order chi connectivity index (χ0) is 15.7. The molecule has 1 unspecified atom stereocenters. The molecule has 20 heavy (non-hydrogen) atoms. The molecule has 1 atom stereocenters. The summed E-state index contributed by atoms with van der Waals surface area (Å²) in [6.45, 7) is 11.0. The lowest BCUT2D eigenvalue weighted by atomic mass is 10.1. The number of carboxylic acids is 1. The minimum absolute atomic E-state index is 0.146. The number of aliphatic carboxylic acids is 1. The van der Waals surface area contributed by atoms with Crippen LogP contribution < -0.4 is 5.32 Å². The zero-order valence-corrected chi connectivity index (χ0v) is 13.5. The van der Waals surface area contributed by atoms with E-state index in [9.17, 15) is 9.59 Å². The molecule has 0 fully saturated rings. The second-order valence-electron chi connectivity index (χ2n) is 5.65. The maximum Gasteiger partial charge on any atom is 0.317 e. The minimum Gasteiger partial charge on any atom is -0.481 e. The Morgan fingerprint density at radius 1 is 1.10 bits per heavy atom. The van der Waals surface area contributed by atoms with E-state index in [1.807, 2.05) is 11.8 Å². The van der Waals surface area contributed by atoms with E-state index in [0.717, 1.165) is 12.8 Å². The van der Waals surface area contributed by atoms with Gasteiger partial charge in [-0.3, -0.25) is 4.79 Å². The number of carbonyl (C=O) groups excluding carboxylic acids is 1. The third kappa shape index (κ3) is 6.26. The Morgan fingerprint density at radius 3 is 2.00 bits per heavy atom. The van der Waals surface area contributed by atoms with E-state index >= 15 is 0 Å². The van der Waals surface area contributed by atoms with Crippen LogP contribution in [0, 0.1) is 11.8 Å². The lowest BCUT2D eigenvalue weighted by molar-refractivity contribution is -0.141. The third-order valence-electron chi connectivity index (χ3n) is 3.55. The molecule has 0 aliphatic rings. The SMILES string of the molecule is CCC(CNC(=O)N(CC(C)C)C(CC)CC)C(=O)O. The molecular weight excluding hydrogens is 256 g/mol. The summed E-state index contributed by atoms with van der Waals surface area (Å²) in [6.07, 6.45) is 2.34. The number of nitrogens with one attached hydrogen (secondary N) is 1. The van der Waals surface area contributed by atoms with Gasteiger partial charge in [-0.25, -0.2) is 4.79 Å². The van der Waals surface area contributed by atoms with Crippen LogP contribution in [0.4, 0.5) is 4.79 Å². The van der Waals surface area contributed by atoms with Crippen molar-refractivity contribution in [3.05, 3.63) is 0 Å². The van der Waals surface area contributed by atoms with Crippen molar-refractivity contribution in [3.8, 4) is 0 Å². The first-order chi connectivity index (χ1) is 9.37. The van der Waals surface area contributed by atoms with Gasteiger partial charge in [0.25, 0.3) is 0 Å². The summed E-state index contributed by atoms with van der Waals surface area (Å²) < 4.78 is 0. The summed E-state index contributed by atoms with van der Waals surface area (Å²) in [5.74, 6) is -0.977. The van der Waals surface area contributed by atoms with Gasteiger partial charge in [0.1, 0.15) is 0 Å².